The first-order valence-electron chi connectivity index (χ1n) is 12.8. The molecule has 5 nitrogen and oxygen atoms in total. The Morgan fingerprint density at radius 2 is 1.00 bits per heavy atom. The van der Waals surface area contributed by atoms with Crippen molar-refractivity contribution < 1.29 is 23.7 Å². The van der Waals surface area contributed by atoms with Crippen molar-refractivity contribution in [2.24, 2.45) is 11.8 Å². The maximum Gasteiger partial charge on any atom is 0.0928 e. The van der Waals surface area contributed by atoms with Crippen molar-refractivity contribution in [2.75, 3.05) is 39.6 Å². The highest BCUT2D eigenvalue weighted by Gasteiger charge is 2.59. The second-order valence-corrected chi connectivity index (χ2v) is 10.4. The molecule has 5 heteroatoms. The van der Waals surface area contributed by atoms with Crippen LogP contribution in [0.15, 0.2) is 60.7 Å². The van der Waals surface area contributed by atoms with E-state index in [1.54, 1.807) is 0 Å². The van der Waals surface area contributed by atoms with E-state index in [9.17, 15) is 0 Å². The Hall–Kier alpha value is -1.76. The molecule has 184 valence electrons. The summed E-state index contributed by atoms with van der Waals surface area (Å²) in [5, 5.41) is 0. The Morgan fingerprint density at radius 1 is 0.588 bits per heavy atom. The van der Waals surface area contributed by atoms with Crippen LogP contribution in [0.2, 0.25) is 0 Å². The van der Waals surface area contributed by atoms with Gasteiger partial charge in [0.25, 0.3) is 0 Å². The predicted octanol–water partition coefficient (Wildman–Crippen LogP) is 5.17. The van der Waals surface area contributed by atoms with Crippen molar-refractivity contribution >= 4 is 0 Å². The average molecular weight is 467 g/mol. The molecule has 0 aromatic heterocycles. The lowest BCUT2D eigenvalue weighted by atomic mass is 9.58. The van der Waals surface area contributed by atoms with Crippen LogP contribution in [-0.2, 0) is 36.9 Å². The summed E-state index contributed by atoms with van der Waals surface area (Å²) >= 11 is 0. The van der Waals surface area contributed by atoms with Crippen molar-refractivity contribution in [3.8, 4) is 0 Å². The number of hydrogen-bond acceptors (Lipinski definition) is 5. The van der Waals surface area contributed by atoms with Gasteiger partial charge in [0.2, 0.25) is 0 Å². The third kappa shape index (κ3) is 6.27. The highest BCUT2D eigenvalue weighted by Crippen LogP contribution is 2.57. The molecular formula is C29H38O5. The summed E-state index contributed by atoms with van der Waals surface area (Å²) in [4.78, 5) is 0. The standard InChI is InChI=1S/C29H38O5/c1-3-7-24(8-4-1)20-30-11-13-32-22-28-16-26-15-27(17-28)19-29(18-26,34-28)23-33-14-12-31-21-25-9-5-2-6-10-25/h1-10,26-27H,11-23H2. The van der Waals surface area contributed by atoms with Gasteiger partial charge in [-0.15, -0.1) is 0 Å². The maximum absolute atomic E-state index is 6.82. The topological polar surface area (TPSA) is 46.2 Å². The third-order valence-corrected chi connectivity index (χ3v) is 7.44. The number of hydrogen-bond donors (Lipinski definition) is 0. The summed E-state index contributed by atoms with van der Waals surface area (Å²) in [5.41, 5.74) is 2.10. The van der Waals surface area contributed by atoms with E-state index in [1.807, 2.05) is 36.4 Å². The summed E-state index contributed by atoms with van der Waals surface area (Å²) in [6, 6.07) is 20.5. The van der Waals surface area contributed by atoms with Gasteiger partial charge in [-0.05, 0) is 55.1 Å². The monoisotopic (exact) mass is 466 g/mol. The Morgan fingerprint density at radius 3 is 1.44 bits per heavy atom. The van der Waals surface area contributed by atoms with Gasteiger partial charge < -0.3 is 23.7 Å². The van der Waals surface area contributed by atoms with Gasteiger partial charge in [-0.1, -0.05) is 60.7 Å². The minimum Gasteiger partial charge on any atom is -0.376 e. The summed E-state index contributed by atoms with van der Waals surface area (Å²) in [7, 11) is 0. The number of ether oxygens (including phenoxy) is 5. The second-order valence-electron chi connectivity index (χ2n) is 10.4. The molecule has 4 bridgehead atoms. The van der Waals surface area contributed by atoms with Gasteiger partial charge in [-0.25, -0.2) is 0 Å². The van der Waals surface area contributed by atoms with Crippen LogP contribution in [0.25, 0.3) is 0 Å². The molecule has 0 amide bonds. The zero-order valence-corrected chi connectivity index (χ0v) is 20.2. The van der Waals surface area contributed by atoms with Crippen LogP contribution in [0.4, 0.5) is 0 Å². The van der Waals surface area contributed by atoms with Gasteiger partial charge in [-0.3, -0.25) is 0 Å². The molecule has 0 spiro atoms. The Kier molecular flexibility index (Phi) is 7.98. The fraction of sp³-hybridized carbons (Fsp3) is 0.586. The molecule has 34 heavy (non-hydrogen) atoms. The minimum absolute atomic E-state index is 0.142. The van der Waals surface area contributed by atoms with Crippen molar-refractivity contribution in [3.63, 3.8) is 0 Å². The van der Waals surface area contributed by atoms with E-state index in [0.29, 0.717) is 52.9 Å². The van der Waals surface area contributed by atoms with E-state index in [0.717, 1.165) is 37.5 Å². The molecule has 2 aromatic rings. The summed E-state index contributed by atoms with van der Waals surface area (Å²) in [6.45, 7) is 5.01. The fourth-order valence-corrected chi connectivity index (χ4v) is 6.42. The van der Waals surface area contributed by atoms with Crippen LogP contribution in [0.5, 0.6) is 0 Å². The Balaban J connectivity index is 1.02. The lowest BCUT2D eigenvalue weighted by Gasteiger charge is -2.61. The van der Waals surface area contributed by atoms with Gasteiger partial charge in [-0.2, -0.15) is 0 Å². The van der Waals surface area contributed by atoms with Gasteiger partial charge in [0.1, 0.15) is 0 Å². The van der Waals surface area contributed by atoms with Crippen molar-refractivity contribution in [2.45, 2.75) is 56.5 Å². The first kappa shape index (κ1) is 24.0. The molecule has 2 saturated heterocycles. The summed E-state index contributed by atoms with van der Waals surface area (Å²) < 4.78 is 30.6. The molecular weight excluding hydrogens is 428 g/mol. The van der Waals surface area contributed by atoms with Crippen LogP contribution in [-0.4, -0.2) is 50.8 Å². The van der Waals surface area contributed by atoms with Crippen molar-refractivity contribution in [1.29, 1.82) is 0 Å². The zero-order chi connectivity index (χ0) is 23.1. The third-order valence-electron chi connectivity index (χ3n) is 7.44. The Bertz CT molecular complexity index is 787. The highest BCUT2D eigenvalue weighted by atomic mass is 16.6. The number of rotatable bonds is 14. The lowest BCUT2D eigenvalue weighted by Crippen LogP contribution is -2.64. The van der Waals surface area contributed by atoms with Gasteiger partial charge in [0, 0.05) is 0 Å². The molecule has 2 aliphatic heterocycles. The van der Waals surface area contributed by atoms with Crippen molar-refractivity contribution in [3.05, 3.63) is 71.8 Å². The Labute approximate surface area is 203 Å². The maximum atomic E-state index is 6.82. The van der Waals surface area contributed by atoms with Gasteiger partial charge >= 0.3 is 0 Å². The summed E-state index contributed by atoms with van der Waals surface area (Å²) in [5.74, 6) is 1.47. The molecule has 0 unspecified atom stereocenters. The molecule has 2 aliphatic carbocycles. The normalized spacial score (nSPS) is 29.5. The molecule has 2 aromatic carbocycles. The molecule has 6 rings (SSSR count). The molecule has 2 heterocycles. The second kappa shape index (κ2) is 11.3. The first-order valence-corrected chi connectivity index (χ1v) is 12.8. The van der Waals surface area contributed by atoms with Crippen LogP contribution in [0, 0.1) is 11.8 Å². The number of benzene rings is 2. The van der Waals surface area contributed by atoms with Gasteiger partial charge in [0.05, 0.1) is 64.1 Å². The van der Waals surface area contributed by atoms with E-state index in [1.165, 1.54) is 17.5 Å². The smallest absolute Gasteiger partial charge is 0.0928 e. The quantitative estimate of drug-likeness (QED) is 0.360. The van der Waals surface area contributed by atoms with E-state index >= 15 is 0 Å². The fourth-order valence-electron chi connectivity index (χ4n) is 6.42. The van der Waals surface area contributed by atoms with Gasteiger partial charge in [0.15, 0.2) is 0 Å². The average Bonchev–Trinajstić information content (AvgIpc) is 2.84. The predicted molar refractivity (Wildman–Crippen MR) is 130 cm³/mol. The lowest BCUT2D eigenvalue weighted by molar-refractivity contribution is -0.300. The zero-order valence-electron chi connectivity index (χ0n) is 20.2. The van der Waals surface area contributed by atoms with E-state index in [-0.39, 0.29) is 11.2 Å². The largest absolute Gasteiger partial charge is 0.376 e. The van der Waals surface area contributed by atoms with Crippen LogP contribution < -0.4 is 0 Å². The molecule has 0 atom stereocenters. The molecule has 4 fully saturated rings. The highest BCUT2D eigenvalue weighted by molar-refractivity contribution is 5.14. The molecule has 4 aliphatic rings. The van der Waals surface area contributed by atoms with Crippen molar-refractivity contribution in [1.82, 2.24) is 0 Å². The van der Waals surface area contributed by atoms with Crippen LogP contribution in [0.3, 0.4) is 0 Å². The summed E-state index contributed by atoms with van der Waals surface area (Å²) in [6.07, 6.45) is 5.83. The SMILES string of the molecule is c1ccc(COCCOCC23CC4CC(C2)CC(COCCOCc2ccccc2)(C4)O3)cc1. The molecule has 0 radical (unpaired) electrons. The molecule has 2 saturated carbocycles. The van der Waals surface area contributed by atoms with Crippen LogP contribution in [0.1, 0.15) is 43.2 Å². The van der Waals surface area contributed by atoms with E-state index < -0.39 is 0 Å². The van der Waals surface area contributed by atoms with E-state index in [4.69, 9.17) is 23.7 Å². The minimum atomic E-state index is -0.142. The van der Waals surface area contributed by atoms with E-state index in [2.05, 4.69) is 24.3 Å². The first-order chi connectivity index (χ1) is 16.7. The van der Waals surface area contributed by atoms with Crippen LogP contribution >= 0.6 is 0 Å². The molecule has 0 N–H and O–H groups in total.